The van der Waals surface area contributed by atoms with Gasteiger partial charge in [-0.25, -0.2) is 0 Å². The summed E-state index contributed by atoms with van der Waals surface area (Å²) in [6, 6.07) is 5.59. The van der Waals surface area contributed by atoms with Gasteiger partial charge in [0.15, 0.2) is 0 Å². The molecule has 2 nitrogen and oxygen atoms in total. The molecule has 1 aromatic carbocycles. The van der Waals surface area contributed by atoms with Crippen molar-refractivity contribution in [2.24, 2.45) is 5.41 Å². The number of halogens is 2. The molecule has 0 aromatic heterocycles. The van der Waals surface area contributed by atoms with Gasteiger partial charge in [-0.2, -0.15) is 0 Å². The van der Waals surface area contributed by atoms with Crippen LogP contribution in [0.3, 0.4) is 0 Å². The van der Waals surface area contributed by atoms with Crippen molar-refractivity contribution in [2.75, 3.05) is 13.2 Å². The standard InChI is InChI=1S/C15H21Cl2NO/c16-13-6-12(7-14(17)8-13)9-18-10-15(11-19)4-2-1-3-5-15/h6-8,18-19H,1-5,9-11H2. The zero-order chi connectivity index (χ0) is 13.7. The molecule has 1 aromatic rings. The summed E-state index contributed by atoms with van der Waals surface area (Å²) in [4.78, 5) is 0. The van der Waals surface area contributed by atoms with Gasteiger partial charge in [0.2, 0.25) is 0 Å². The van der Waals surface area contributed by atoms with Gasteiger partial charge in [0, 0.05) is 35.2 Å². The molecule has 0 saturated heterocycles. The average molecular weight is 302 g/mol. The first-order valence-corrected chi connectivity index (χ1v) is 7.66. The summed E-state index contributed by atoms with van der Waals surface area (Å²) in [7, 11) is 0. The lowest BCUT2D eigenvalue weighted by atomic mass is 9.74. The van der Waals surface area contributed by atoms with Crippen LogP contribution in [0.1, 0.15) is 37.7 Å². The first kappa shape index (κ1) is 15.1. The monoisotopic (exact) mass is 301 g/mol. The molecule has 1 aliphatic carbocycles. The zero-order valence-corrected chi connectivity index (χ0v) is 12.6. The molecule has 2 rings (SSSR count). The lowest BCUT2D eigenvalue weighted by molar-refractivity contribution is 0.0810. The molecule has 1 saturated carbocycles. The Kier molecular flexibility index (Phi) is 5.52. The largest absolute Gasteiger partial charge is 0.396 e. The van der Waals surface area contributed by atoms with Gasteiger partial charge >= 0.3 is 0 Å². The van der Waals surface area contributed by atoms with Crippen LogP contribution in [0, 0.1) is 5.41 Å². The molecule has 0 spiro atoms. The highest BCUT2D eigenvalue weighted by Gasteiger charge is 2.30. The Morgan fingerprint density at radius 2 is 1.68 bits per heavy atom. The quantitative estimate of drug-likeness (QED) is 0.861. The normalized spacial score (nSPS) is 18.5. The number of aliphatic hydroxyl groups excluding tert-OH is 1. The van der Waals surface area contributed by atoms with Crippen LogP contribution >= 0.6 is 23.2 Å². The predicted octanol–water partition coefficient (Wildman–Crippen LogP) is 4.03. The van der Waals surface area contributed by atoms with Gasteiger partial charge in [0.25, 0.3) is 0 Å². The van der Waals surface area contributed by atoms with E-state index in [9.17, 15) is 5.11 Å². The summed E-state index contributed by atoms with van der Waals surface area (Å²) in [6.07, 6.45) is 5.99. The fraction of sp³-hybridized carbons (Fsp3) is 0.600. The highest BCUT2D eigenvalue weighted by atomic mass is 35.5. The van der Waals surface area contributed by atoms with Crippen molar-refractivity contribution in [2.45, 2.75) is 38.6 Å². The van der Waals surface area contributed by atoms with E-state index < -0.39 is 0 Å². The summed E-state index contributed by atoms with van der Waals surface area (Å²) >= 11 is 12.0. The second-order valence-electron chi connectivity index (χ2n) is 5.60. The number of hydrogen-bond acceptors (Lipinski definition) is 2. The van der Waals surface area contributed by atoms with Crippen molar-refractivity contribution in [3.63, 3.8) is 0 Å². The van der Waals surface area contributed by atoms with E-state index in [-0.39, 0.29) is 12.0 Å². The van der Waals surface area contributed by atoms with Crippen LogP contribution in [-0.4, -0.2) is 18.3 Å². The molecule has 0 unspecified atom stereocenters. The Balaban J connectivity index is 1.88. The summed E-state index contributed by atoms with van der Waals surface area (Å²) in [6.45, 7) is 1.87. The van der Waals surface area contributed by atoms with E-state index in [1.165, 1.54) is 19.3 Å². The van der Waals surface area contributed by atoms with Gasteiger partial charge in [-0.3, -0.25) is 0 Å². The number of aliphatic hydroxyl groups is 1. The maximum Gasteiger partial charge on any atom is 0.0499 e. The molecule has 1 aliphatic rings. The molecule has 106 valence electrons. The van der Waals surface area contributed by atoms with Crippen LogP contribution < -0.4 is 5.32 Å². The average Bonchev–Trinajstić information content (AvgIpc) is 2.39. The number of rotatable bonds is 5. The molecule has 0 heterocycles. The molecule has 0 bridgehead atoms. The third kappa shape index (κ3) is 4.35. The van der Waals surface area contributed by atoms with Crippen molar-refractivity contribution in [1.82, 2.24) is 5.32 Å². The Morgan fingerprint density at radius 1 is 1.05 bits per heavy atom. The lowest BCUT2D eigenvalue weighted by Gasteiger charge is -2.35. The Morgan fingerprint density at radius 3 is 2.26 bits per heavy atom. The van der Waals surface area contributed by atoms with Crippen LogP contribution in [-0.2, 0) is 6.54 Å². The van der Waals surface area contributed by atoms with Crippen molar-refractivity contribution in [3.05, 3.63) is 33.8 Å². The van der Waals surface area contributed by atoms with Gasteiger partial charge in [0.1, 0.15) is 0 Å². The van der Waals surface area contributed by atoms with E-state index in [0.29, 0.717) is 10.0 Å². The Hall–Kier alpha value is -0.280. The van der Waals surface area contributed by atoms with E-state index >= 15 is 0 Å². The van der Waals surface area contributed by atoms with Crippen LogP contribution in [0.4, 0.5) is 0 Å². The smallest absolute Gasteiger partial charge is 0.0499 e. The topological polar surface area (TPSA) is 32.3 Å². The first-order chi connectivity index (χ1) is 9.13. The number of nitrogens with one attached hydrogen (secondary N) is 1. The maximum atomic E-state index is 9.64. The van der Waals surface area contributed by atoms with Crippen LogP contribution in [0.15, 0.2) is 18.2 Å². The lowest BCUT2D eigenvalue weighted by Crippen LogP contribution is -2.38. The third-order valence-electron chi connectivity index (χ3n) is 4.00. The first-order valence-electron chi connectivity index (χ1n) is 6.90. The summed E-state index contributed by atoms with van der Waals surface area (Å²) in [5.41, 5.74) is 1.15. The highest BCUT2D eigenvalue weighted by molar-refractivity contribution is 6.34. The van der Waals surface area contributed by atoms with Crippen molar-refractivity contribution < 1.29 is 5.11 Å². The molecule has 0 atom stereocenters. The Labute approximate surface area is 125 Å². The van der Waals surface area contributed by atoms with Crippen LogP contribution in [0.5, 0.6) is 0 Å². The molecular weight excluding hydrogens is 281 g/mol. The molecule has 19 heavy (non-hydrogen) atoms. The highest BCUT2D eigenvalue weighted by Crippen LogP contribution is 2.35. The van der Waals surface area contributed by atoms with E-state index in [1.807, 2.05) is 12.1 Å². The van der Waals surface area contributed by atoms with E-state index in [4.69, 9.17) is 23.2 Å². The van der Waals surface area contributed by atoms with E-state index in [2.05, 4.69) is 5.32 Å². The molecule has 2 N–H and O–H groups in total. The fourth-order valence-corrected chi connectivity index (χ4v) is 3.45. The van der Waals surface area contributed by atoms with Gasteiger partial charge in [-0.1, -0.05) is 42.5 Å². The SMILES string of the molecule is OCC1(CNCc2cc(Cl)cc(Cl)c2)CCCCC1. The number of benzene rings is 1. The molecule has 1 fully saturated rings. The molecule has 0 amide bonds. The minimum atomic E-state index is 0.0701. The Bertz CT molecular complexity index is 396. The van der Waals surface area contributed by atoms with Gasteiger partial charge in [-0.15, -0.1) is 0 Å². The summed E-state index contributed by atoms with van der Waals surface area (Å²) < 4.78 is 0. The van der Waals surface area contributed by atoms with Gasteiger partial charge in [0.05, 0.1) is 0 Å². The van der Waals surface area contributed by atoms with Gasteiger partial charge < -0.3 is 10.4 Å². The summed E-state index contributed by atoms with van der Waals surface area (Å²) in [5, 5.41) is 14.4. The van der Waals surface area contributed by atoms with Crippen LogP contribution in [0.2, 0.25) is 10.0 Å². The van der Waals surface area contributed by atoms with E-state index in [0.717, 1.165) is 31.5 Å². The van der Waals surface area contributed by atoms with Crippen LogP contribution in [0.25, 0.3) is 0 Å². The van der Waals surface area contributed by atoms with E-state index in [1.54, 1.807) is 6.07 Å². The second-order valence-corrected chi connectivity index (χ2v) is 6.47. The fourth-order valence-electron chi connectivity index (χ4n) is 2.88. The van der Waals surface area contributed by atoms with Gasteiger partial charge in [-0.05, 0) is 36.6 Å². The molecule has 0 radical (unpaired) electrons. The predicted molar refractivity (Wildman–Crippen MR) is 80.8 cm³/mol. The second kappa shape index (κ2) is 6.94. The number of hydrogen-bond donors (Lipinski definition) is 2. The molecule has 0 aliphatic heterocycles. The van der Waals surface area contributed by atoms with Crippen molar-refractivity contribution in [3.8, 4) is 0 Å². The van der Waals surface area contributed by atoms with Crippen molar-refractivity contribution >= 4 is 23.2 Å². The minimum absolute atomic E-state index is 0.0701. The summed E-state index contributed by atoms with van der Waals surface area (Å²) in [5.74, 6) is 0. The minimum Gasteiger partial charge on any atom is -0.396 e. The third-order valence-corrected chi connectivity index (χ3v) is 4.44. The zero-order valence-electron chi connectivity index (χ0n) is 11.1. The molecular formula is C15H21Cl2NO. The van der Waals surface area contributed by atoms with Crippen molar-refractivity contribution in [1.29, 1.82) is 0 Å². The molecule has 4 heteroatoms. The maximum absolute atomic E-state index is 9.64.